The summed E-state index contributed by atoms with van der Waals surface area (Å²) >= 11 is 0. The molecule has 0 aliphatic rings. The van der Waals surface area contributed by atoms with Crippen LogP contribution in [0.4, 0.5) is 0 Å². The van der Waals surface area contributed by atoms with Gasteiger partial charge in [-0.15, -0.1) is 0 Å². The predicted molar refractivity (Wildman–Crippen MR) is 61.0 cm³/mol. The standard InChI is InChI=1S/C11H19N3O2/c1-4-9(2)14(8-11(15)16)7-10-5-6-12-13(10)3/h5-6,9H,4,7-8H2,1-3H3,(H,15,16). The fourth-order valence-electron chi connectivity index (χ4n) is 1.56. The van der Waals surface area contributed by atoms with Crippen LogP contribution in [-0.2, 0) is 18.4 Å². The van der Waals surface area contributed by atoms with E-state index in [1.54, 1.807) is 10.9 Å². The van der Waals surface area contributed by atoms with Crippen molar-refractivity contribution < 1.29 is 9.90 Å². The lowest BCUT2D eigenvalue weighted by Gasteiger charge is -2.26. The minimum absolute atomic E-state index is 0.0696. The summed E-state index contributed by atoms with van der Waals surface area (Å²) in [5.41, 5.74) is 1.03. The summed E-state index contributed by atoms with van der Waals surface area (Å²) in [6, 6.07) is 2.17. The van der Waals surface area contributed by atoms with Crippen LogP contribution in [-0.4, -0.2) is 38.3 Å². The SMILES string of the molecule is CCC(C)N(CC(=O)O)Cc1ccnn1C. The van der Waals surface area contributed by atoms with Gasteiger partial charge in [-0.2, -0.15) is 5.10 Å². The lowest BCUT2D eigenvalue weighted by Crippen LogP contribution is -2.37. The molecule has 1 aromatic heterocycles. The van der Waals surface area contributed by atoms with Crippen molar-refractivity contribution in [3.8, 4) is 0 Å². The Kier molecular flexibility index (Phi) is 4.49. The summed E-state index contributed by atoms with van der Waals surface area (Å²) in [4.78, 5) is 12.7. The zero-order chi connectivity index (χ0) is 12.1. The Hall–Kier alpha value is -1.36. The van der Waals surface area contributed by atoms with Gasteiger partial charge in [0.05, 0.1) is 12.2 Å². The van der Waals surface area contributed by atoms with Crippen molar-refractivity contribution in [2.75, 3.05) is 6.54 Å². The zero-order valence-corrected chi connectivity index (χ0v) is 10.1. The van der Waals surface area contributed by atoms with Gasteiger partial charge in [0.25, 0.3) is 0 Å². The maximum absolute atomic E-state index is 10.8. The molecule has 0 spiro atoms. The third-order valence-electron chi connectivity index (χ3n) is 2.84. The molecule has 0 radical (unpaired) electrons. The third kappa shape index (κ3) is 3.34. The molecular formula is C11H19N3O2. The van der Waals surface area contributed by atoms with E-state index in [2.05, 4.69) is 12.0 Å². The highest BCUT2D eigenvalue weighted by atomic mass is 16.4. The topological polar surface area (TPSA) is 58.4 Å². The molecule has 5 nitrogen and oxygen atoms in total. The molecule has 1 heterocycles. The van der Waals surface area contributed by atoms with Gasteiger partial charge in [-0.25, -0.2) is 0 Å². The van der Waals surface area contributed by atoms with Crippen LogP contribution in [0.15, 0.2) is 12.3 Å². The molecule has 0 aliphatic carbocycles. The van der Waals surface area contributed by atoms with Crippen LogP contribution < -0.4 is 0 Å². The van der Waals surface area contributed by atoms with E-state index >= 15 is 0 Å². The number of carbonyl (C=O) groups is 1. The van der Waals surface area contributed by atoms with E-state index in [1.807, 2.05) is 24.9 Å². The van der Waals surface area contributed by atoms with Gasteiger partial charge in [-0.05, 0) is 19.4 Å². The van der Waals surface area contributed by atoms with Crippen molar-refractivity contribution in [1.29, 1.82) is 0 Å². The van der Waals surface area contributed by atoms with Crippen LogP contribution in [0.2, 0.25) is 0 Å². The number of hydrogen-bond acceptors (Lipinski definition) is 3. The number of carboxylic acids is 1. The molecule has 1 rings (SSSR count). The maximum atomic E-state index is 10.8. The zero-order valence-electron chi connectivity index (χ0n) is 10.1. The molecule has 0 aromatic carbocycles. The van der Waals surface area contributed by atoms with Gasteiger partial charge in [0, 0.05) is 25.8 Å². The lowest BCUT2D eigenvalue weighted by molar-refractivity contribution is -0.139. The molecule has 0 fully saturated rings. The van der Waals surface area contributed by atoms with Crippen LogP contribution in [0, 0.1) is 0 Å². The first-order valence-corrected chi connectivity index (χ1v) is 5.47. The quantitative estimate of drug-likeness (QED) is 0.787. The molecular weight excluding hydrogens is 206 g/mol. The molecule has 16 heavy (non-hydrogen) atoms. The average molecular weight is 225 g/mol. The number of hydrogen-bond donors (Lipinski definition) is 1. The van der Waals surface area contributed by atoms with Crippen molar-refractivity contribution in [1.82, 2.24) is 14.7 Å². The van der Waals surface area contributed by atoms with E-state index in [-0.39, 0.29) is 12.6 Å². The van der Waals surface area contributed by atoms with Gasteiger partial charge >= 0.3 is 5.97 Å². The van der Waals surface area contributed by atoms with Gasteiger partial charge in [-0.3, -0.25) is 14.4 Å². The normalized spacial score (nSPS) is 13.0. The number of rotatable bonds is 6. The van der Waals surface area contributed by atoms with E-state index in [4.69, 9.17) is 5.11 Å². The Morgan fingerprint density at radius 1 is 1.69 bits per heavy atom. The van der Waals surface area contributed by atoms with Crippen LogP contribution >= 0.6 is 0 Å². The number of carboxylic acid groups (broad SMARTS) is 1. The first kappa shape index (κ1) is 12.7. The summed E-state index contributed by atoms with van der Waals surface area (Å²) in [7, 11) is 1.87. The molecule has 1 atom stereocenters. The number of aryl methyl sites for hydroxylation is 1. The van der Waals surface area contributed by atoms with Gasteiger partial charge in [0.1, 0.15) is 0 Å². The number of nitrogens with zero attached hydrogens (tertiary/aromatic N) is 3. The molecule has 0 amide bonds. The van der Waals surface area contributed by atoms with E-state index in [9.17, 15) is 4.79 Å². The highest BCUT2D eigenvalue weighted by Crippen LogP contribution is 2.09. The molecule has 0 saturated carbocycles. The number of aliphatic carboxylic acids is 1. The highest BCUT2D eigenvalue weighted by Gasteiger charge is 2.16. The van der Waals surface area contributed by atoms with Gasteiger partial charge < -0.3 is 5.11 Å². The molecule has 0 bridgehead atoms. The molecule has 5 heteroatoms. The smallest absolute Gasteiger partial charge is 0.317 e. The monoisotopic (exact) mass is 225 g/mol. The van der Waals surface area contributed by atoms with Crippen molar-refractivity contribution in [2.45, 2.75) is 32.9 Å². The first-order valence-electron chi connectivity index (χ1n) is 5.47. The van der Waals surface area contributed by atoms with Gasteiger partial charge in [0.2, 0.25) is 0 Å². The predicted octanol–water partition coefficient (Wildman–Crippen LogP) is 1.11. The van der Waals surface area contributed by atoms with Crippen LogP contribution in [0.1, 0.15) is 26.0 Å². The third-order valence-corrected chi connectivity index (χ3v) is 2.84. The van der Waals surface area contributed by atoms with Gasteiger partial charge in [0.15, 0.2) is 0 Å². The second-order valence-electron chi connectivity index (χ2n) is 4.00. The highest BCUT2D eigenvalue weighted by molar-refractivity contribution is 5.69. The van der Waals surface area contributed by atoms with Crippen LogP contribution in [0.3, 0.4) is 0 Å². The Morgan fingerprint density at radius 2 is 2.38 bits per heavy atom. The second-order valence-corrected chi connectivity index (χ2v) is 4.00. The van der Waals surface area contributed by atoms with Crippen LogP contribution in [0.5, 0.6) is 0 Å². The summed E-state index contributed by atoms with van der Waals surface area (Å²) < 4.78 is 1.78. The Morgan fingerprint density at radius 3 is 2.81 bits per heavy atom. The maximum Gasteiger partial charge on any atom is 0.317 e. The summed E-state index contributed by atoms with van der Waals surface area (Å²) in [6.07, 6.45) is 2.66. The van der Waals surface area contributed by atoms with Crippen molar-refractivity contribution >= 4 is 5.97 Å². The minimum Gasteiger partial charge on any atom is -0.480 e. The Labute approximate surface area is 95.7 Å². The molecule has 0 aliphatic heterocycles. The Bertz CT molecular complexity index is 349. The van der Waals surface area contributed by atoms with Crippen molar-refractivity contribution in [3.05, 3.63) is 18.0 Å². The molecule has 1 unspecified atom stereocenters. The molecule has 1 aromatic rings. The van der Waals surface area contributed by atoms with Gasteiger partial charge in [-0.1, -0.05) is 6.92 Å². The van der Waals surface area contributed by atoms with Crippen molar-refractivity contribution in [2.24, 2.45) is 7.05 Å². The molecule has 90 valence electrons. The molecule has 1 N–H and O–H groups in total. The summed E-state index contributed by atoms with van der Waals surface area (Å²) in [5, 5.41) is 12.9. The fraction of sp³-hybridized carbons (Fsp3) is 0.636. The van der Waals surface area contributed by atoms with E-state index < -0.39 is 5.97 Å². The van der Waals surface area contributed by atoms with E-state index in [0.717, 1.165) is 12.1 Å². The van der Waals surface area contributed by atoms with E-state index in [0.29, 0.717) is 6.54 Å². The van der Waals surface area contributed by atoms with Crippen LogP contribution in [0.25, 0.3) is 0 Å². The largest absolute Gasteiger partial charge is 0.480 e. The summed E-state index contributed by atoms with van der Waals surface area (Å²) in [5.74, 6) is -0.789. The Balaban J connectivity index is 2.70. The summed E-state index contributed by atoms with van der Waals surface area (Å²) in [6.45, 7) is 4.79. The second kappa shape index (κ2) is 5.65. The lowest BCUT2D eigenvalue weighted by atomic mass is 10.2. The number of aromatic nitrogens is 2. The average Bonchev–Trinajstić information content (AvgIpc) is 2.61. The van der Waals surface area contributed by atoms with Crippen molar-refractivity contribution in [3.63, 3.8) is 0 Å². The van der Waals surface area contributed by atoms with E-state index in [1.165, 1.54) is 0 Å². The fourth-order valence-corrected chi connectivity index (χ4v) is 1.56. The minimum atomic E-state index is -0.789. The molecule has 0 saturated heterocycles. The first-order chi connectivity index (χ1) is 7.54.